The van der Waals surface area contributed by atoms with Crippen LogP contribution >= 0.6 is 0 Å². The van der Waals surface area contributed by atoms with Crippen LogP contribution in [-0.2, 0) is 14.8 Å². The number of halogens is 3. The third-order valence-electron chi connectivity index (χ3n) is 2.61. The SMILES string of the molecule is CC1=CC(=NS(=O)(=O)C(F)(F)F)C(C(C)C)=C(N)C1=O. The van der Waals surface area contributed by atoms with Crippen LogP contribution in [-0.4, -0.2) is 25.4 Å². The van der Waals surface area contributed by atoms with E-state index in [9.17, 15) is 26.4 Å². The molecule has 20 heavy (non-hydrogen) atoms. The van der Waals surface area contributed by atoms with Crippen LogP contribution in [0.15, 0.2) is 27.3 Å². The van der Waals surface area contributed by atoms with Gasteiger partial charge in [-0.25, -0.2) is 0 Å². The first-order valence-electron chi connectivity index (χ1n) is 5.52. The number of rotatable bonds is 2. The van der Waals surface area contributed by atoms with Gasteiger partial charge in [0.1, 0.15) is 0 Å². The van der Waals surface area contributed by atoms with Gasteiger partial charge in [-0.2, -0.15) is 26.0 Å². The van der Waals surface area contributed by atoms with Crippen molar-refractivity contribution in [3.8, 4) is 0 Å². The smallest absolute Gasteiger partial charge is 0.395 e. The molecule has 0 aromatic rings. The molecule has 0 saturated carbocycles. The Morgan fingerprint density at radius 1 is 1.30 bits per heavy atom. The van der Waals surface area contributed by atoms with Crippen molar-refractivity contribution in [3.05, 3.63) is 22.9 Å². The normalized spacial score (nSPS) is 19.9. The Hall–Kier alpha value is -1.64. The molecule has 1 rings (SSSR count). The summed E-state index contributed by atoms with van der Waals surface area (Å²) in [5.41, 5.74) is -0.644. The van der Waals surface area contributed by atoms with Gasteiger partial charge in [-0.15, -0.1) is 0 Å². The van der Waals surface area contributed by atoms with Crippen LogP contribution in [0.2, 0.25) is 0 Å². The maximum absolute atomic E-state index is 12.4. The molecule has 0 amide bonds. The molecule has 2 N–H and O–H groups in total. The summed E-state index contributed by atoms with van der Waals surface area (Å²) in [4.78, 5) is 11.7. The lowest BCUT2D eigenvalue weighted by molar-refractivity contribution is -0.112. The number of sulfonamides is 1. The molecule has 0 fully saturated rings. The Labute approximate surface area is 114 Å². The van der Waals surface area contributed by atoms with Crippen molar-refractivity contribution in [2.45, 2.75) is 26.3 Å². The van der Waals surface area contributed by atoms with E-state index in [0.29, 0.717) is 0 Å². The number of allylic oxidation sites excluding steroid dienone is 3. The fourth-order valence-electron chi connectivity index (χ4n) is 1.68. The Kier molecular flexibility index (Phi) is 4.14. The number of ketones is 1. The lowest BCUT2D eigenvalue weighted by Gasteiger charge is -2.20. The number of alkyl halides is 3. The Morgan fingerprint density at radius 3 is 2.20 bits per heavy atom. The fourth-order valence-corrected chi connectivity index (χ4v) is 2.20. The number of nitrogens with zero attached hydrogens (tertiary/aromatic N) is 1. The Balaban J connectivity index is 3.54. The summed E-state index contributed by atoms with van der Waals surface area (Å²) in [6.07, 6.45) is 0.997. The summed E-state index contributed by atoms with van der Waals surface area (Å²) in [5.74, 6) is -0.998. The summed E-state index contributed by atoms with van der Waals surface area (Å²) in [6, 6.07) is 0. The van der Waals surface area contributed by atoms with Crippen LogP contribution in [0, 0.1) is 5.92 Å². The number of hydrogen-bond acceptors (Lipinski definition) is 4. The van der Waals surface area contributed by atoms with E-state index in [4.69, 9.17) is 5.73 Å². The predicted octanol–water partition coefficient (Wildman–Crippen LogP) is 1.67. The van der Waals surface area contributed by atoms with Gasteiger partial charge < -0.3 is 5.73 Å². The van der Waals surface area contributed by atoms with E-state index in [2.05, 4.69) is 4.40 Å². The summed E-state index contributed by atoms with van der Waals surface area (Å²) >= 11 is 0. The molecule has 0 aromatic heterocycles. The molecule has 0 saturated heterocycles. The largest absolute Gasteiger partial charge is 0.518 e. The number of carbonyl (C=O) groups is 1. The third kappa shape index (κ3) is 2.92. The fraction of sp³-hybridized carbons (Fsp3) is 0.455. The van der Waals surface area contributed by atoms with Gasteiger partial charge in [0.2, 0.25) is 5.78 Å². The van der Waals surface area contributed by atoms with Crippen molar-refractivity contribution in [3.63, 3.8) is 0 Å². The first-order valence-corrected chi connectivity index (χ1v) is 6.96. The monoisotopic (exact) mass is 310 g/mol. The van der Waals surface area contributed by atoms with E-state index < -0.39 is 32.9 Å². The lowest BCUT2D eigenvalue weighted by Crippen LogP contribution is -2.28. The Bertz CT molecular complexity index is 640. The Morgan fingerprint density at radius 2 is 1.80 bits per heavy atom. The zero-order valence-electron chi connectivity index (χ0n) is 10.9. The lowest BCUT2D eigenvalue weighted by atomic mass is 9.88. The van der Waals surface area contributed by atoms with Gasteiger partial charge in [-0.1, -0.05) is 13.8 Å². The van der Waals surface area contributed by atoms with E-state index in [1.54, 1.807) is 13.8 Å². The quantitative estimate of drug-likeness (QED) is 0.786. The van der Waals surface area contributed by atoms with Gasteiger partial charge >= 0.3 is 15.5 Å². The van der Waals surface area contributed by atoms with Gasteiger partial charge in [0.15, 0.2) is 0 Å². The molecule has 0 atom stereocenters. The molecular formula is C11H13F3N2O3S. The zero-order chi connectivity index (χ0) is 15.9. The maximum atomic E-state index is 12.4. The van der Waals surface area contributed by atoms with Crippen molar-refractivity contribution in [2.75, 3.05) is 0 Å². The van der Waals surface area contributed by atoms with Crippen LogP contribution in [0.4, 0.5) is 13.2 Å². The number of carbonyl (C=O) groups excluding carboxylic acids is 1. The standard InChI is InChI=1S/C11H13F3N2O3S/c1-5(2)8-7(4-6(3)10(17)9(8)15)16-20(18,19)11(12,13)14/h4-5H,15H2,1-3H3. The van der Waals surface area contributed by atoms with Gasteiger partial charge in [-0.05, 0) is 18.9 Å². The summed E-state index contributed by atoms with van der Waals surface area (Å²) in [6.45, 7) is 4.46. The molecule has 0 bridgehead atoms. The van der Waals surface area contributed by atoms with Crippen molar-refractivity contribution in [1.29, 1.82) is 0 Å². The van der Waals surface area contributed by atoms with Crippen molar-refractivity contribution >= 4 is 21.5 Å². The average Bonchev–Trinajstić information content (AvgIpc) is 2.23. The van der Waals surface area contributed by atoms with Crippen molar-refractivity contribution in [1.82, 2.24) is 0 Å². The molecule has 0 aliphatic heterocycles. The predicted molar refractivity (Wildman–Crippen MR) is 67.2 cm³/mol. The molecule has 112 valence electrons. The van der Waals surface area contributed by atoms with Gasteiger partial charge in [0.05, 0.1) is 11.4 Å². The molecule has 1 aliphatic carbocycles. The van der Waals surface area contributed by atoms with E-state index in [1.165, 1.54) is 6.92 Å². The van der Waals surface area contributed by atoms with Gasteiger partial charge in [-0.3, -0.25) is 4.79 Å². The highest BCUT2D eigenvalue weighted by Gasteiger charge is 2.46. The molecule has 0 unspecified atom stereocenters. The van der Waals surface area contributed by atoms with Gasteiger partial charge in [0, 0.05) is 11.1 Å². The minimum atomic E-state index is -5.69. The maximum Gasteiger partial charge on any atom is 0.518 e. The van der Waals surface area contributed by atoms with Crippen LogP contribution in [0.5, 0.6) is 0 Å². The highest BCUT2D eigenvalue weighted by molar-refractivity contribution is 7.91. The molecule has 9 heteroatoms. The minimum absolute atomic E-state index is 0.00609. The summed E-state index contributed by atoms with van der Waals surface area (Å²) < 4.78 is 62.0. The molecule has 0 aromatic carbocycles. The molecule has 0 radical (unpaired) electrons. The van der Waals surface area contributed by atoms with E-state index in [0.717, 1.165) is 6.08 Å². The average molecular weight is 310 g/mol. The summed E-state index contributed by atoms with van der Waals surface area (Å²) in [7, 11) is -5.69. The molecular weight excluding hydrogens is 297 g/mol. The van der Waals surface area contributed by atoms with Crippen LogP contribution in [0.25, 0.3) is 0 Å². The molecule has 5 nitrogen and oxygen atoms in total. The van der Waals surface area contributed by atoms with E-state index in [1.807, 2.05) is 0 Å². The van der Waals surface area contributed by atoms with Crippen LogP contribution in [0.1, 0.15) is 20.8 Å². The third-order valence-corrected chi connectivity index (χ3v) is 3.63. The number of hydrogen-bond donors (Lipinski definition) is 1. The second kappa shape index (κ2) is 5.04. The first kappa shape index (κ1) is 16.4. The minimum Gasteiger partial charge on any atom is -0.395 e. The summed E-state index contributed by atoms with van der Waals surface area (Å²) in [5, 5.41) is 0. The van der Waals surface area contributed by atoms with Gasteiger partial charge in [0.25, 0.3) is 0 Å². The molecule has 1 aliphatic rings. The number of Topliss-reactive ketones (excluding diaryl/α,β-unsaturated/α-hetero) is 1. The van der Waals surface area contributed by atoms with Crippen molar-refractivity contribution < 1.29 is 26.4 Å². The highest BCUT2D eigenvalue weighted by Crippen LogP contribution is 2.28. The second-order valence-corrected chi connectivity index (χ2v) is 6.13. The first-order chi connectivity index (χ1) is 8.88. The topological polar surface area (TPSA) is 89.6 Å². The molecule has 0 spiro atoms. The van der Waals surface area contributed by atoms with Crippen LogP contribution < -0.4 is 5.73 Å². The highest BCUT2D eigenvalue weighted by atomic mass is 32.2. The van der Waals surface area contributed by atoms with E-state index in [-0.39, 0.29) is 16.8 Å². The number of nitrogens with two attached hydrogens (primary N) is 1. The second-order valence-electron chi connectivity index (χ2n) is 4.54. The molecule has 0 heterocycles. The van der Waals surface area contributed by atoms with E-state index >= 15 is 0 Å². The van der Waals surface area contributed by atoms with Crippen LogP contribution in [0.3, 0.4) is 0 Å². The van der Waals surface area contributed by atoms with Crippen molar-refractivity contribution in [2.24, 2.45) is 16.0 Å². The zero-order valence-corrected chi connectivity index (χ0v) is 11.8.